The summed E-state index contributed by atoms with van der Waals surface area (Å²) in [6, 6.07) is 9.19. The molecule has 2 aromatic carbocycles. The van der Waals surface area contributed by atoms with Crippen LogP contribution in [0.5, 0.6) is 5.75 Å². The Bertz CT molecular complexity index is 1330. The maximum Gasteiger partial charge on any atom is 0.273 e. The lowest BCUT2D eigenvalue weighted by atomic mass is 10.1. The highest BCUT2D eigenvalue weighted by Crippen LogP contribution is 2.41. The molecule has 3 fully saturated rings. The van der Waals surface area contributed by atoms with Crippen molar-refractivity contribution in [1.29, 1.82) is 0 Å². The molecule has 3 aliphatic rings. The van der Waals surface area contributed by atoms with E-state index in [9.17, 15) is 19.5 Å². The number of carbonyl (C=O) groups excluding carboxylic acids is 3. The van der Waals surface area contributed by atoms with Gasteiger partial charge in [0, 0.05) is 0 Å². The quantitative estimate of drug-likeness (QED) is 0.354. The fourth-order valence-corrected chi connectivity index (χ4v) is 5.10. The Morgan fingerprint density at radius 1 is 1.00 bits per heavy atom. The zero-order chi connectivity index (χ0) is 29.5. The van der Waals surface area contributed by atoms with Gasteiger partial charge in [-0.15, -0.1) is 0 Å². The van der Waals surface area contributed by atoms with E-state index in [-0.39, 0.29) is 17.9 Å². The van der Waals surface area contributed by atoms with Crippen molar-refractivity contribution in [3.8, 4) is 5.75 Å². The van der Waals surface area contributed by atoms with Crippen LogP contribution < -0.4 is 16.2 Å². The molecule has 3 aliphatic heterocycles. The first kappa shape index (κ1) is 29.2. The van der Waals surface area contributed by atoms with Crippen molar-refractivity contribution < 1.29 is 47.9 Å². The van der Waals surface area contributed by atoms with Crippen LogP contribution in [0.2, 0.25) is 0 Å². The number of ether oxygens (including phenoxy) is 6. The van der Waals surface area contributed by atoms with Crippen LogP contribution in [0.4, 0.5) is 0 Å². The van der Waals surface area contributed by atoms with Gasteiger partial charge in [-0.1, -0.05) is 24.3 Å². The second-order valence-corrected chi connectivity index (χ2v) is 11.2. The average molecular weight is 574 g/mol. The number of phenolic OH excluding ortho intramolecular Hbond substituents is 1. The van der Waals surface area contributed by atoms with Gasteiger partial charge in [0.15, 0.2) is 17.9 Å². The molecular weight excluding hydrogens is 538 g/mol. The number of amides is 3. The number of aromatic hydroxyl groups is 1. The predicted octanol–water partition coefficient (Wildman–Crippen LogP) is 1.22. The molecule has 5 rings (SSSR count). The zero-order valence-corrected chi connectivity index (χ0v) is 23.5. The third-order valence-corrected chi connectivity index (χ3v) is 7.01. The molecule has 0 aromatic heterocycles. The van der Waals surface area contributed by atoms with Gasteiger partial charge in [-0.25, -0.2) is 0 Å². The molecule has 41 heavy (non-hydrogen) atoms. The third kappa shape index (κ3) is 6.45. The molecule has 222 valence electrons. The molecule has 3 amide bonds. The second-order valence-electron chi connectivity index (χ2n) is 11.2. The molecule has 13 nitrogen and oxygen atoms in total. The van der Waals surface area contributed by atoms with Gasteiger partial charge >= 0.3 is 0 Å². The molecule has 0 saturated carbocycles. The van der Waals surface area contributed by atoms with Crippen LogP contribution in [0.25, 0.3) is 10.8 Å². The van der Waals surface area contributed by atoms with Crippen LogP contribution in [0.1, 0.15) is 45.0 Å². The first-order valence-corrected chi connectivity index (χ1v) is 13.4. The van der Waals surface area contributed by atoms with Crippen LogP contribution in [0.3, 0.4) is 0 Å². The number of fused-ring (bicyclic) bond motifs is 2. The van der Waals surface area contributed by atoms with Gasteiger partial charge in [0.05, 0.1) is 12.2 Å². The molecule has 13 heteroatoms. The molecule has 0 spiro atoms. The number of hydrogen-bond acceptors (Lipinski definition) is 10. The summed E-state index contributed by atoms with van der Waals surface area (Å²) in [5.41, 5.74) is 4.50. The molecule has 4 N–H and O–H groups in total. The standard InChI is InChI=1S/C28H35N3O10/c1-14(24(34)30-31-25(35)17-10-15-8-6-7-9-16(15)11-18(17)32)29-20(33)13-36-22-21(19-12-37-27(2,3)39-19)38-26-23(22)40-28(4,5)41-26/h6-11,14,19,21-23,26,32H,12-13H2,1-5H3,(H,29,33)(H,30,34)(H,31,35)/t14-,19-,21+,22-,23+,26+/m0/s1. The van der Waals surface area contributed by atoms with Crippen LogP contribution in [-0.4, -0.2) is 84.4 Å². The van der Waals surface area contributed by atoms with E-state index in [1.807, 2.05) is 12.1 Å². The smallest absolute Gasteiger partial charge is 0.273 e. The number of carbonyl (C=O) groups is 3. The third-order valence-electron chi connectivity index (χ3n) is 7.01. The van der Waals surface area contributed by atoms with Gasteiger partial charge in [0.2, 0.25) is 5.91 Å². The van der Waals surface area contributed by atoms with E-state index < -0.39 is 72.7 Å². The minimum Gasteiger partial charge on any atom is -0.507 e. The maximum atomic E-state index is 12.7. The van der Waals surface area contributed by atoms with Gasteiger partial charge in [-0.2, -0.15) is 0 Å². The Balaban J connectivity index is 1.13. The minimum atomic E-state index is -1.02. The van der Waals surface area contributed by atoms with Gasteiger partial charge in [0.25, 0.3) is 11.8 Å². The van der Waals surface area contributed by atoms with Gasteiger partial charge < -0.3 is 38.8 Å². The summed E-state index contributed by atoms with van der Waals surface area (Å²) < 4.78 is 35.4. The summed E-state index contributed by atoms with van der Waals surface area (Å²) in [5.74, 6) is -3.88. The van der Waals surface area contributed by atoms with E-state index in [1.54, 1.807) is 39.8 Å². The lowest BCUT2D eigenvalue weighted by Gasteiger charge is -2.29. The van der Waals surface area contributed by atoms with Crippen molar-refractivity contribution >= 4 is 28.5 Å². The highest BCUT2D eigenvalue weighted by molar-refractivity contribution is 6.02. The number of phenols is 1. The number of benzene rings is 2. The summed E-state index contributed by atoms with van der Waals surface area (Å²) in [6.45, 7) is 8.42. The Morgan fingerprint density at radius 2 is 1.71 bits per heavy atom. The van der Waals surface area contributed by atoms with E-state index in [1.165, 1.54) is 19.1 Å². The lowest BCUT2D eigenvalue weighted by Crippen LogP contribution is -2.52. The molecular formula is C28H35N3O10. The molecule has 0 bridgehead atoms. The summed E-state index contributed by atoms with van der Waals surface area (Å²) >= 11 is 0. The van der Waals surface area contributed by atoms with Crippen LogP contribution in [0, 0.1) is 0 Å². The topological polar surface area (TPSA) is 163 Å². The minimum absolute atomic E-state index is 0.0120. The highest BCUT2D eigenvalue weighted by atomic mass is 16.8. The van der Waals surface area contributed by atoms with E-state index >= 15 is 0 Å². The van der Waals surface area contributed by atoms with Crippen LogP contribution >= 0.6 is 0 Å². The van der Waals surface area contributed by atoms with Gasteiger partial charge in [-0.05, 0) is 57.5 Å². The average Bonchev–Trinajstić information content (AvgIpc) is 3.53. The Hall–Kier alpha value is -3.33. The number of rotatable bonds is 7. The van der Waals surface area contributed by atoms with E-state index in [2.05, 4.69) is 16.2 Å². The zero-order valence-electron chi connectivity index (χ0n) is 23.5. The maximum absolute atomic E-state index is 12.7. The SMILES string of the molecule is C[C@H](NC(=O)CO[C@@H]1[C@H]2OC(C)(C)O[C@H]2O[C@@H]1[C@@H]1COC(C)(C)O1)C(=O)NNC(=O)c1cc2ccccc2cc1O. The van der Waals surface area contributed by atoms with Gasteiger partial charge in [-0.3, -0.25) is 25.2 Å². The van der Waals surface area contributed by atoms with Crippen molar-refractivity contribution in [3.05, 3.63) is 42.0 Å². The fourth-order valence-electron chi connectivity index (χ4n) is 5.10. The second kappa shape index (κ2) is 11.2. The molecule has 6 atom stereocenters. The van der Waals surface area contributed by atoms with Crippen molar-refractivity contribution in [2.45, 2.75) is 82.9 Å². The van der Waals surface area contributed by atoms with E-state index in [0.29, 0.717) is 0 Å². The molecule has 2 aromatic rings. The fraction of sp³-hybridized carbons (Fsp3) is 0.536. The van der Waals surface area contributed by atoms with Crippen molar-refractivity contribution in [1.82, 2.24) is 16.2 Å². The van der Waals surface area contributed by atoms with Crippen molar-refractivity contribution in [2.75, 3.05) is 13.2 Å². The van der Waals surface area contributed by atoms with Crippen molar-refractivity contribution in [3.63, 3.8) is 0 Å². The predicted molar refractivity (Wildman–Crippen MR) is 142 cm³/mol. The van der Waals surface area contributed by atoms with E-state index in [0.717, 1.165) is 10.8 Å². The van der Waals surface area contributed by atoms with E-state index in [4.69, 9.17) is 28.4 Å². The highest BCUT2D eigenvalue weighted by Gasteiger charge is 2.59. The summed E-state index contributed by atoms with van der Waals surface area (Å²) in [5, 5.41) is 14.3. The first-order chi connectivity index (χ1) is 19.3. The first-order valence-electron chi connectivity index (χ1n) is 13.4. The summed E-state index contributed by atoms with van der Waals surface area (Å²) in [6.07, 6.45) is -3.08. The Morgan fingerprint density at radius 3 is 2.39 bits per heavy atom. The Kier molecular flexibility index (Phi) is 7.94. The number of nitrogens with one attached hydrogen (secondary N) is 3. The monoisotopic (exact) mass is 573 g/mol. The number of hydrogen-bond donors (Lipinski definition) is 4. The van der Waals surface area contributed by atoms with Crippen LogP contribution in [0.15, 0.2) is 36.4 Å². The number of hydrazine groups is 1. The largest absolute Gasteiger partial charge is 0.507 e. The van der Waals surface area contributed by atoms with Gasteiger partial charge in [0.1, 0.15) is 42.8 Å². The molecule has 3 heterocycles. The van der Waals surface area contributed by atoms with Crippen LogP contribution in [-0.2, 0) is 38.0 Å². The molecule has 3 saturated heterocycles. The van der Waals surface area contributed by atoms with Crippen molar-refractivity contribution in [2.24, 2.45) is 0 Å². The molecule has 0 aliphatic carbocycles. The molecule has 0 unspecified atom stereocenters. The Labute approximate surface area is 236 Å². The summed E-state index contributed by atoms with van der Waals surface area (Å²) in [4.78, 5) is 37.8. The molecule has 0 radical (unpaired) electrons. The summed E-state index contributed by atoms with van der Waals surface area (Å²) in [7, 11) is 0. The normalized spacial score (nSPS) is 28.7. The lowest BCUT2D eigenvalue weighted by molar-refractivity contribution is -0.235.